The molecular formula is C24H40N2O. The Morgan fingerprint density at radius 1 is 0.704 bits per heavy atom. The second-order valence-electron chi connectivity index (χ2n) is 8.43. The predicted octanol–water partition coefficient (Wildman–Crippen LogP) is 5.39. The molecule has 0 bridgehead atoms. The third kappa shape index (κ3) is 5.26. The van der Waals surface area contributed by atoms with E-state index in [1.165, 1.54) is 89.5 Å². The minimum atomic E-state index is 0.493. The van der Waals surface area contributed by atoms with Crippen LogP contribution < -0.4 is 0 Å². The molecule has 1 aliphatic heterocycles. The van der Waals surface area contributed by atoms with Crippen molar-refractivity contribution in [2.24, 2.45) is 0 Å². The van der Waals surface area contributed by atoms with Crippen LogP contribution in [0.2, 0.25) is 0 Å². The van der Waals surface area contributed by atoms with Crippen LogP contribution in [0.15, 0.2) is 24.3 Å². The Kier molecular flexibility index (Phi) is 8.02. The summed E-state index contributed by atoms with van der Waals surface area (Å²) in [6.07, 6.45) is 12.3. The topological polar surface area (TPSA) is 26.7 Å². The molecule has 0 radical (unpaired) electrons. The Morgan fingerprint density at radius 3 is 1.78 bits per heavy atom. The van der Waals surface area contributed by atoms with Crippen molar-refractivity contribution in [2.75, 3.05) is 26.2 Å². The molecule has 1 heterocycles. The van der Waals surface area contributed by atoms with Crippen molar-refractivity contribution in [1.29, 1.82) is 0 Å². The summed E-state index contributed by atoms with van der Waals surface area (Å²) < 4.78 is 0. The zero-order valence-corrected chi connectivity index (χ0v) is 17.6. The Labute approximate surface area is 166 Å². The van der Waals surface area contributed by atoms with E-state index in [0.717, 1.165) is 12.1 Å². The number of para-hydroxylation sites is 1. The highest BCUT2D eigenvalue weighted by Crippen LogP contribution is 2.38. The van der Waals surface area contributed by atoms with Gasteiger partial charge in [-0.2, -0.15) is 0 Å². The van der Waals surface area contributed by atoms with Crippen molar-refractivity contribution in [3.63, 3.8) is 0 Å². The molecule has 2 saturated carbocycles. The molecule has 1 N–H and O–H groups in total. The number of nitrogens with zero attached hydrogens (tertiary/aromatic N) is 2. The highest BCUT2D eigenvalue weighted by molar-refractivity contribution is 5.35. The number of piperazine rings is 1. The summed E-state index contributed by atoms with van der Waals surface area (Å²) in [5, 5.41) is 10.1. The SMILES string of the molecule is CC.Oc1ccccc1C1CCC(N2CCN(C3CCCCC3)CC2)CC1. The van der Waals surface area contributed by atoms with Gasteiger partial charge in [-0.3, -0.25) is 9.80 Å². The van der Waals surface area contributed by atoms with E-state index in [9.17, 15) is 5.11 Å². The van der Waals surface area contributed by atoms with Gasteiger partial charge in [-0.1, -0.05) is 51.3 Å². The summed E-state index contributed by atoms with van der Waals surface area (Å²) in [6, 6.07) is 9.60. The smallest absolute Gasteiger partial charge is 0.119 e. The molecule has 1 aromatic rings. The number of hydrogen-bond donors (Lipinski definition) is 1. The van der Waals surface area contributed by atoms with Gasteiger partial charge in [0.2, 0.25) is 0 Å². The molecule has 3 nitrogen and oxygen atoms in total. The number of rotatable bonds is 3. The molecule has 0 amide bonds. The van der Waals surface area contributed by atoms with E-state index >= 15 is 0 Å². The molecule has 0 unspecified atom stereocenters. The van der Waals surface area contributed by atoms with Gasteiger partial charge in [0, 0.05) is 38.3 Å². The van der Waals surface area contributed by atoms with Crippen LogP contribution in [0.3, 0.4) is 0 Å². The van der Waals surface area contributed by atoms with E-state index < -0.39 is 0 Å². The van der Waals surface area contributed by atoms with Gasteiger partial charge in [0.25, 0.3) is 0 Å². The van der Waals surface area contributed by atoms with Crippen LogP contribution in [0.5, 0.6) is 5.75 Å². The molecule has 152 valence electrons. The average Bonchev–Trinajstić information content (AvgIpc) is 2.76. The summed E-state index contributed by atoms with van der Waals surface area (Å²) in [6.45, 7) is 9.10. The molecule has 0 spiro atoms. The first-order valence-electron chi connectivity index (χ1n) is 11.6. The van der Waals surface area contributed by atoms with Gasteiger partial charge in [0.1, 0.15) is 5.75 Å². The Balaban J connectivity index is 0.00000102. The van der Waals surface area contributed by atoms with Gasteiger partial charge in [0.05, 0.1) is 0 Å². The molecule has 1 aromatic carbocycles. The van der Waals surface area contributed by atoms with E-state index in [1.54, 1.807) is 0 Å². The molecule has 4 rings (SSSR count). The minimum absolute atomic E-state index is 0.493. The lowest BCUT2D eigenvalue weighted by atomic mass is 9.80. The Hall–Kier alpha value is -1.06. The fourth-order valence-electron chi connectivity index (χ4n) is 5.50. The summed E-state index contributed by atoms with van der Waals surface area (Å²) >= 11 is 0. The molecule has 2 aliphatic carbocycles. The summed E-state index contributed by atoms with van der Waals surface area (Å²) in [4.78, 5) is 5.55. The maximum atomic E-state index is 10.1. The van der Waals surface area contributed by atoms with Crippen molar-refractivity contribution in [3.8, 4) is 5.75 Å². The fraction of sp³-hybridized carbons (Fsp3) is 0.750. The van der Waals surface area contributed by atoms with Gasteiger partial charge in [-0.25, -0.2) is 0 Å². The summed E-state index contributed by atoms with van der Waals surface area (Å²) in [5.41, 5.74) is 1.17. The third-order valence-electron chi connectivity index (χ3n) is 7.03. The van der Waals surface area contributed by atoms with Gasteiger partial charge < -0.3 is 5.11 Å². The van der Waals surface area contributed by atoms with Crippen LogP contribution in [0, 0.1) is 0 Å². The third-order valence-corrected chi connectivity index (χ3v) is 7.03. The molecule has 27 heavy (non-hydrogen) atoms. The van der Waals surface area contributed by atoms with Crippen LogP contribution in [0.4, 0.5) is 0 Å². The summed E-state index contributed by atoms with van der Waals surface area (Å²) in [5.74, 6) is 1.05. The molecule has 1 saturated heterocycles. The second-order valence-corrected chi connectivity index (χ2v) is 8.43. The number of benzene rings is 1. The maximum Gasteiger partial charge on any atom is 0.119 e. The highest BCUT2D eigenvalue weighted by atomic mass is 16.3. The first-order chi connectivity index (χ1) is 13.3. The van der Waals surface area contributed by atoms with Crippen LogP contribution in [-0.4, -0.2) is 53.2 Å². The van der Waals surface area contributed by atoms with Crippen molar-refractivity contribution >= 4 is 0 Å². The molecule has 3 aliphatic rings. The number of phenols is 1. The maximum absolute atomic E-state index is 10.1. The Morgan fingerprint density at radius 2 is 1.22 bits per heavy atom. The van der Waals surface area contributed by atoms with Gasteiger partial charge in [0.15, 0.2) is 0 Å². The quantitative estimate of drug-likeness (QED) is 0.770. The minimum Gasteiger partial charge on any atom is -0.508 e. The van der Waals surface area contributed by atoms with Crippen LogP contribution in [0.25, 0.3) is 0 Å². The van der Waals surface area contributed by atoms with E-state index in [2.05, 4.69) is 21.9 Å². The molecule has 0 atom stereocenters. The number of phenolic OH excluding ortho intramolecular Hbond substituents is 1. The van der Waals surface area contributed by atoms with Crippen molar-refractivity contribution in [2.45, 2.75) is 89.6 Å². The first-order valence-corrected chi connectivity index (χ1v) is 11.6. The van der Waals surface area contributed by atoms with Crippen molar-refractivity contribution in [3.05, 3.63) is 29.8 Å². The molecule has 3 fully saturated rings. The van der Waals surface area contributed by atoms with Crippen LogP contribution in [-0.2, 0) is 0 Å². The van der Waals surface area contributed by atoms with Gasteiger partial charge in [-0.15, -0.1) is 0 Å². The van der Waals surface area contributed by atoms with Gasteiger partial charge in [-0.05, 0) is 56.1 Å². The Bertz CT molecular complexity index is 539. The fourth-order valence-corrected chi connectivity index (χ4v) is 5.50. The number of aromatic hydroxyl groups is 1. The van der Waals surface area contributed by atoms with Gasteiger partial charge >= 0.3 is 0 Å². The highest BCUT2D eigenvalue weighted by Gasteiger charge is 2.31. The second kappa shape index (κ2) is 10.5. The lowest BCUT2D eigenvalue weighted by molar-refractivity contribution is 0.0444. The van der Waals surface area contributed by atoms with Crippen molar-refractivity contribution < 1.29 is 5.11 Å². The number of hydrogen-bond acceptors (Lipinski definition) is 3. The lowest BCUT2D eigenvalue weighted by Gasteiger charge is -2.45. The standard InChI is InChI=1S/C22H34N2O.C2H6/c25-22-9-5-4-8-21(22)18-10-12-20(13-11-18)24-16-14-23(15-17-24)19-6-2-1-3-7-19;1-2/h4-5,8-9,18-20,25H,1-3,6-7,10-17H2;1-2H3. The van der Waals surface area contributed by atoms with E-state index in [1.807, 2.05) is 26.0 Å². The average molecular weight is 373 g/mol. The van der Waals surface area contributed by atoms with Crippen LogP contribution in [0.1, 0.15) is 83.1 Å². The zero-order valence-electron chi connectivity index (χ0n) is 17.6. The van der Waals surface area contributed by atoms with E-state index in [4.69, 9.17) is 0 Å². The van der Waals surface area contributed by atoms with Crippen molar-refractivity contribution in [1.82, 2.24) is 9.80 Å². The lowest BCUT2D eigenvalue weighted by Crippen LogP contribution is -2.53. The predicted molar refractivity (Wildman–Crippen MR) is 114 cm³/mol. The normalized spacial score (nSPS) is 28.4. The summed E-state index contributed by atoms with van der Waals surface area (Å²) in [7, 11) is 0. The molecule has 3 heteroatoms. The van der Waals surface area contributed by atoms with Crippen LogP contribution >= 0.6 is 0 Å². The van der Waals surface area contributed by atoms with E-state index in [-0.39, 0.29) is 0 Å². The molecule has 0 aromatic heterocycles. The zero-order chi connectivity index (χ0) is 19.1. The van der Waals surface area contributed by atoms with E-state index in [0.29, 0.717) is 11.7 Å². The first kappa shape index (κ1) is 20.7. The monoisotopic (exact) mass is 372 g/mol. The molecular weight excluding hydrogens is 332 g/mol. The largest absolute Gasteiger partial charge is 0.508 e.